The summed E-state index contributed by atoms with van der Waals surface area (Å²) in [4.78, 5) is 19.2. The standard InChI is InChI=1S/C13H16BrN5S/c1-9-15-12(11-10(14)3-8-20-11)17-13(16-9)19-6-4-18(2)5-7-19/h3,8H,4-7H2,1-2H3. The molecule has 20 heavy (non-hydrogen) atoms. The van der Waals surface area contributed by atoms with Gasteiger partial charge >= 0.3 is 0 Å². The number of thiophene rings is 1. The Balaban J connectivity index is 1.93. The summed E-state index contributed by atoms with van der Waals surface area (Å²) in [5.74, 6) is 2.32. The summed E-state index contributed by atoms with van der Waals surface area (Å²) in [6.45, 7) is 5.94. The van der Waals surface area contributed by atoms with E-state index in [2.05, 4.69) is 47.7 Å². The van der Waals surface area contributed by atoms with E-state index in [1.54, 1.807) is 11.3 Å². The fourth-order valence-corrected chi connectivity index (χ4v) is 3.65. The van der Waals surface area contributed by atoms with Crippen molar-refractivity contribution in [3.63, 3.8) is 0 Å². The Kier molecular flexibility index (Phi) is 4.00. The summed E-state index contributed by atoms with van der Waals surface area (Å²) >= 11 is 5.19. The molecule has 3 heterocycles. The SMILES string of the molecule is Cc1nc(-c2sccc2Br)nc(N2CCN(C)CC2)n1. The Morgan fingerprint density at radius 2 is 1.90 bits per heavy atom. The molecular weight excluding hydrogens is 338 g/mol. The van der Waals surface area contributed by atoms with Crippen LogP contribution in [-0.2, 0) is 0 Å². The molecule has 0 bridgehead atoms. The summed E-state index contributed by atoms with van der Waals surface area (Å²) in [5, 5.41) is 2.04. The van der Waals surface area contributed by atoms with E-state index in [1.807, 2.05) is 18.4 Å². The molecule has 2 aromatic rings. The van der Waals surface area contributed by atoms with Crippen LogP contribution in [0.3, 0.4) is 0 Å². The van der Waals surface area contributed by atoms with Crippen LogP contribution in [0, 0.1) is 6.92 Å². The number of halogens is 1. The zero-order valence-electron chi connectivity index (χ0n) is 11.5. The maximum atomic E-state index is 4.65. The maximum Gasteiger partial charge on any atom is 0.229 e. The van der Waals surface area contributed by atoms with Crippen molar-refractivity contribution in [1.82, 2.24) is 19.9 Å². The third-order valence-corrected chi connectivity index (χ3v) is 5.18. The fraction of sp³-hybridized carbons (Fsp3) is 0.462. The molecule has 106 valence electrons. The molecule has 1 fully saturated rings. The minimum absolute atomic E-state index is 0.758. The van der Waals surface area contributed by atoms with Crippen LogP contribution in [0.4, 0.5) is 5.95 Å². The second-order valence-corrected chi connectivity index (χ2v) is 6.66. The molecule has 1 aliphatic heterocycles. The average molecular weight is 354 g/mol. The first-order valence-corrected chi connectivity index (χ1v) is 8.20. The maximum absolute atomic E-state index is 4.65. The lowest BCUT2D eigenvalue weighted by atomic mass is 10.3. The van der Waals surface area contributed by atoms with Crippen LogP contribution >= 0.6 is 27.3 Å². The van der Waals surface area contributed by atoms with E-state index in [1.165, 1.54) is 0 Å². The van der Waals surface area contributed by atoms with E-state index in [-0.39, 0.29) is 0 Å². The molecule has 0 radical (unpaired) electrons. The number of hydrogen-bond acceptors (Lipinski definition) is 6. The number of aryl methyl sites for hydroxylation is 1. The van der Waals surface area contributed by atoms with Crippen LogP contribution in [0.1, 0.15) is 5.82 Å². The molecule has 1 saturated heterocycles. The first-order valence-electron chi connectivity index (χ1n) is 6.53. The van der Waals surface area contributed by atoms with Crippen molar-refractivity contribution in [2.24, 2.45) is 0 Å². The van der Waals surface area contributed by atoms with Crippen LogP contribution in [0.25, 0.3) is 10.7 Å². The Morgan fingerprint density at radius 1 is 1.15 bits per heavy atom. The van der Waals surface area contributed by atoms with Crippen molar-refractivity contribution < 1.29 is 0 Å². The van der Waals surface area contributed by atoms with Gasteiger partial charge in [-0.3, -0.25) is 0 Å². The van der Waals surface area contributed by atoms with E-state index in [4.69, 9.17) is 0 Å². The Hall–Kier alpha value is -1.05. The van der Waals surface area contributed by atoms with E-state index in [0.29, 0.717) is 0 Å². The number of aromatic nitrogens is 3. The molecule has 5 nitrogen and oxygen atoms in total. The number of nitrogens with zero attached hydrogens (tertiary/aromatic N) is 5. The summed E-state index contributed by atoms with van der Waals surface area (Å²) in [5.41, 5.74) is 0. The molecule has 2 aromatic heterocycles. The zero-order chi connectivity index (χ0) is 14.1. The van der Waals surface area contributed by atoms with Gasteiger partial charge in [0.05, 0.1) is 4.88 Å². The monoisotopic (exact) mass is 353 g/mol. The van der Waals surface area contributed by atoms with Gasteiger partial charge in [0.1, 0.15) is 5.82 Å². The van der Waals surface area contributed by atoms with Gasteiger partial charge in [0, 0.05) is 30.7 Å². The van der Waals surface area contributed by atoms with Crippen molar-refractivity contribution in [2.45, 2.75) is 6.92 Å². The Bertz CT molecular complexity index is 607. The third kappa shape index (κ3) is 2.84. The second-order valence-electron chi connectivity index (χ2n) is 4.89. The summed E-state index contributed by atoms with van der Waals surface area (Å²) in [6.07, 6.45) is 0. The minimum Gasteiger partial charge on any atom is -0.338 e. The van der Waals surface area contributed by atoms with Gasteiger partial charge in [-0.15, -0.1) is 11.3 Å². The van der Waals surface area contributed by atoms with Crippen LogP contribution in [0.2, 0.25) is 0 Å². The van der Waals surface area contributed by atoms with E-state index in [0.717, 1.165) is 53.1 Å². The largest absolute Gasteiger partial charge is 0.338 e. The van der Waals surface area contributed by atoms with Gasteiger partial charge in [-0.25, -0.2) is 4.98 Å². The predicted molar refractivity (Wildman–Crippen MR) is 85.3 cm³/mol. The van der Waals surface area contributed by atoms with Gasteiger partial charge in [-0.05, 0) is 41.3 Å². The minimum atomic E-state index is 0.758. The van der Waals surface area contributed by atoms with Crippen LogP contribution in [0.15, 0.2) is 15.9 Å². The van der Waals surface area contributed by atoms with Crippen molar-refractivity contribution in [3.8, 4) is 10.7 Å². The highest BCUT2D eigenvalue weighted by molar-refractivity contribution is 9.10. The molecule has 0 unspecified atom stereocenters. The number of anilines is 1. The van der Waals surface area contributed by atoms with Gasteiger partial charge in [0.25, 0.3) is 0 Å². The molecule has 0 spiro atoms. The highest BCUT2D eigenvalue weighted by atomic mass is 79.9. The molecule has 1 aliphatic rings. The van der Waals surface area contributed by atoms with Crippen LogP contribution in [-0.4, -0.2) is 53.1 Å². The number of hydrogen-bond donors (Lipinski definition) is 0. The lowest BCUT2D eigenvalue weighted by Crippen LogP contribution is -2.45. The van der Waals surface area contributed by atoms with Crippen molar-refractivity contribution in [2.75, 3.05) is 38.1 Å². The molecule has 0 atom stereocenters. The number of rotatable bonds is 2. The summed E-state index contributed by atoms with van der Waals surface area (Å²) < 4.78 is 1.04. The highest BCUT2D eigenvalue weighted by Crippen LogP contribution is 2.31. The number of likely N-dealkylation sites (N-methyl/N-ethyl adjacent to an activating group) is 1. The number of piperazine rings is 1. The zero-order valence-corrected chi connectivity index (χ0v) is 13.9. The Morgan fingerprint density at radius 3 is 2.55 bits per heavy atom. The third-order valence-electron chi connectivity index (χ3n) is 3.34. The lowest BCUT2D eigenvalue weighted by molar-refractivity contribution is 0.311. The molecule has 0 aliphatic carbocycles. The van der Waals surface area contributed by atoms with Crippen LogP contribution < -0.4 is 4.90 Å². The van der Waals surface area contributed by atoms with Gasteiger partial charge in [-0.2, -0.15) is 9.97 Å². The molecule has 7 heteroatoms. The topological polar surface area (TPSA) is 45.2 Å². The molecule has 0 amide bonds. The molecular formula is C13H16BrN5S. The smallest absolute Gasteiger partial charge is 0.229 e. The summed E-state index contributed by atoms with van der Waals surface area (Å²) in [7, 11) is 2.14. The van der Waals surface area contributed by atoms with Gasteiger partial charge in [-0.1, -0.05) is 0 Å². The van der Waals surface area contributed by atoms with Crippen molar-refractivity contribution in [1.29, 1.82) is 0 Å². The lowest BCUT2D eigenvalue weighted by Gasteiger charge is -2.32. The van der Waals surface area contributed by atoms with Gasteiger partial charge in [0.2, 0.25) is 5.95 Å². The van der Waals surface area contributed by atoms with Crippen molar-refractivity contribution in [3.05, 3.63) is 21.7 Å². The first-order chi connectivity index (χ1) is 9.63. The molecule has 0 N–H and O–H groups in total. The van der Waals surface area contributed by atoms with E-state index >= 15 is 0 Å². The van der Waals surface area contributed by atoms with Crippen molar-refractivity contribution >= 4 is 33.2 Å². The van der Waals surface area contributed by atoms with E-state index < -0.39 is 0 Å². The predicted octanol–water partition coefficient (Wildman–Crippen LogP) is 2.42. The normalized spacial score (nSPS) is 16.6. The highest BCUT2D eigenvalue weighted by Gasteiger charge is 2.19. The summed E-state index contributed by atoms with van der Waals surface area (Å²) in [6, 6.07) is 2.02. The fourth-order valence-electron chi connectivity index (χ4n) is 2.17. The average Bonchev–Trinajstić information content (AvgIpc) is 2.85. The van der Waals surface area contributed by atoms with Crippen LogP contribution in [0.5, 0.6) is 0 Å². The quantitative estimate of drug-likeness (QED) is 0.829. The first kappa shape index (κ1) is 13.9. The molecule has 0 aromatic carbocycles. The van der Waals surface area contributed by atoms with E-state index in [9.17, 15) is 0 Å². The Labute approximate surface area is 130 Å². The van der Waals surface area contributed by atoms with Gasteiger partial charge < -0.3 is 9.80 Å². The molecule has 0 saturated carbocycles. The molecule has 3 rings (SSSR count). The van der Waals surface area contributed by atoms with Gasteiger partial charge in [0.15, 0.2) is 5.82 Å². The second kappa shape index (κ2) is 5.75.